The molecule has 45 heavy (non-hydrogen) atoms. The lowest BCUT2D eigenvalue weighted by atomic mass is 10.0. The van der Waals surface area contributed by atoms with E-state index in [4.69, 9.17) is 14.2 Å². The number of benzene rings is 3. The first kappa shape index (κ1) is 31.4. The van der Waals surface area contributed by atoms with Crippen LogP contribution in [0.5, 0.6) is 17.2 Å². The second-order valence-electron chi connectivity index (χ2n) is 11.2. The van der Waals surface area contributed by atoms with E-state index in [1.807, 2.05) is 6.92 Å². The second kappa shape index (κ2) is 13.7. The van der Waals surface area contributed by atoms with Crippen LogP contribution in [0.4, 0.5) is 31.0 Å². The van der Waals surface area contributed by atoms with Gasteiger partial charge in [-0.05, 0) is 61.5 Å². The van der Waals surface area contributed by atoms with Crippen LogP contribution in [0.2, 0.25) is 0 Å². The summed E-state index contributed by atoms with van der Waals surface area (Å²) in [5.41, 5.74) is 1.89. The molecule has 0 fully saturated rings. The summed E-state index contributed by atoms with van der Waals surface area (Å²) in [6.45, 7) is 4.08. The molecule has 3 atom stereocenters. The van der Waals surface area contributed by atoms with E-state index in [1.54, 1.807) is 55.3 Å². The number of ether oxygens (including phenoxy) is 3. The Balaban J connectivity index is 1.33. The molecule has 0 spiro atoms. The van der Waals surface area contributed by atoms with Crippen LogP contribution >= 0.6 is 0 Å². The Morgan fingerprint density at radius 1 is 0.978 bits per heavy atom. The molecule has 2 aliphatic heterocycles. The summed E-state index contributed by atoms with van der Waals surface area (Å²) in [5, 5.41) is 18.1. The first-order valence-electron chi connectivity index (χ1n) is 14.5. The predicted octanol–water partition coefficient (Wildman–Crippen LogP) is 4.51. The predicted molar refractivity (Wildman–Crippen MR) is 165 cm³/mol. The van der Waals surface area contributed by atoms with Crippen LogP contribution in [-0.2, 0) is 11.2 Å². The number of rotatable bonds is 7. The van der Waals surface area contributed by atoms with Gasteiger partial charge in [-0.2, -0.15) is 0 Å². The van der Waals surface area contributed by atoms with Crippen molar-refractivity contribution < 1.29 is 38.1 Å². The lowest BCUT2D eigenvalue weighted by molar-refractivity contribution is -0.134. The Labute approximate surface area is 260 Å². The minimum absolute atomic E-state index is 0.0331. The van der Waals surface area contributed by atoms with Gasteiger partial charge in [-0.1, -0.05) is 6.92 Å². The molecule has 0 radical (unpaired) electrons. The number of amides is 5. The van der Waals surface area contributed by atoms with Gasteiger partial charge in [0.1, 0.15) is 17.7 Å². The molecular weight excluding hydrogens is 585 g/mol. The highest BCUT2D eigenvalue weighted by atomic mass is 19.1. The fourth-order valence-electron chi connectivity index (χ4n) is 5.10. The monoisotopic (exact) mass is 621 g/mol. The Morgan fingerprint density at radius 2 is 1.62 bits per heavy atom. The summed E-state index contributed by atoms with van der Waals surface area (Å²) in [5.74, 6) is 0.732. The van der Waals surface area contributed by atoms with Gasteiger partial charge in [-0.25, -0.2) is 14.0 Å². The number of aliphatic hydroxyl groups excluding tert-OH is 1. The fraction of sp³-hybridized carbons (Fsp3) is 0.344. The van der Waals surface area contributed by atoms with Gasteiger partial charge in [-0.15, -0.1) is 0 Å². The Kier molecular flexibility index (Phi) is 9.57. The van der Waals surface area contributed by atoms with E-state index in [1.165, 1.54) is 29.2 Å². The number of hydrogen-bond acceptors (Lipinski definition) is 7. The molecule has 0 saturated heterocycles. The number of carbonyl (C=O) groups is 3. The zero-order chi connectivity index (χ0) is 32.1. The van der Waals surface area contributed by atoms with Crippen LogP contribution in [0.1, 0.15) is 19.4 Å². The molecule has 2 heterocycles. The van der Waals surface area contributed by atoms with Crippen molar-refractivity contribution in [2.75, 3.05) is 49.5 Å². The minimum Gasteiger partial charge on any atom is -0.488 e. The summed E-state index contributed by atoms with van der Waals surface area (Å²) in [6, 6.07) is 14.1. The number of urea groups is 2. The molecule has 5 amide bonds. The normalized spacial score (nSPS) is 18.0. The van der Waals surface area contributed by atoms with Crippen molar-refractivity contribution in [2.24, 2.45) is 5.92 Å². The van der Waals surface area contributed by atoms with Gasteiger partial charge >= 0.3 is 12.1 Å². The largest absolute Gasteiger partial charge is 0.488 e. The standard InChI is InChI=1S/C32H36FN5O7/c1-19-15-38(20(2)17-39)30(40)13-21-12-24(35-31(41)34-23-6-4-22(33)5-7-23)8-10-26(21)45-29(19)16-37(3)32(42)36-25-9-11-27-28(14-25)44-18-43-27/h4-12,14,19-20,29,39H,13,15-18H2,1-3H3,(H,36,42)(H2,34,35,41)/t19-,20+,29-/m1/s1. The van der Waals surface area contributed by atoms with Crippen molar-refractivity contribution in [2.45, 2.75) is 32.4 Å². The second-order valence-corrected chi connectivity index (χ2v) is 11.2. The molecule has 0 aromatic heterocycles. The number of fused-ring (bicyclic) bond motifs is 2. The molecule has 0 bridgehead atoms. The first-order valence-corrected chi connectivity index (χ1v) is 14.5. The maximum Gasteiger partial charge on any atom is 0.323 e. The molecule has 0 aliphatic carbocycles. The van der Waals surface area contributed by atoms with Gasteiger partial charge in [0.15, 0.2) is 11.5 Å². The average molecular weight is 622 g/mol. The minimum atomic E-state index is -0.547. The number of aliphatic hydroxyl groups is 1. The molecule has 2 aliphatic rings. The topological polar surface area (TPSA) is 142 Å². The third-order valence-corrected chi connectivity index (χ3v) is 7.70. The van der Waals surface area contributed by atoms with Gasteiger partial charge in [0, 0.05) is 48.2 Å². The maximum absolute atomic E-state index is 13.5. The van der Waals surface area contributed by atoms with E-state index in [-0.39, 0.29) is 44.2 Å². The molecular formula is C32H36FN5O7. The number of anilines is 3. The van der Waals surface area contributed by atoms with Gasteiger partial charge < -0.3 is 45.1 Å². The summed E-state index contributed by atoms with van der Waals surface area (Å²) in [6.07, 6.45) is -0.564. The van der Waals surface area contributed by atoms with Gasteiger partial charge in [0.25, 0.3) is 0 Å². The lowest BCUT2D eigenvalue weighted by Gasteiger charge is -2.34. The van der Waals surface area contributed by atoms with E-state index in [2.05, 4.69) is 16.0 Å². The van der Waals surface area contributed by atoms with Gasteiger partial charge in [-0.3, -0.25) is 4.79 Å². The Morgan fingerprint density at radius 3 is 2.36 bits per heavy atom. The molecule has 13 heteroatoms. The number of hydrogen-bond donors (Lipinski definition) is 4. The van der Waals surface area contributed by atoms with Crippen LogP contribution in [0, 0.1) is 11.7 Å². The molecule has 3 aromatic carbocycles. The maximum atomic E-state index is 13.5. The molecule has 3 aromatic rings. The molecule has 0 unspecified atom stereocenters. The fourth-order valence-corrected chi connectivity index (χ4v) is 5.10. The van der Waals surface area contributed by atoms with Crippen LogP contribution < -0.4 is 30.2 Å². The van der Waals surface area contributed by atoms with Crippen LogP contribution in [-0.4, -0.2) is 78.6 Å². The number of carbonyl (C=O) groups excluding carboxylic acids is 3. The summed E-state index contributed by atoms with van der Waals surface area (Å²) in [7, 11) is 1.65. The van der Waals surface area contributed by atoms with Crippen LogP contribution in [0.15, 0.2) is 60.7 Å². The van der Waals surface area contributed by atoms with Crippen molar-refractivity contribution in [3.05, 3.63) is 72.0 Å². The van der Waals surface area contributed by atoms with Crippen molar-refractivity contribution in [1.29, 1.82) is 0 Å². The summed E-state index contributed by atoms with van der Waals surface area (Å²) < 4.78 is 30.4. The third kappa shape index (κ3) is 7.73. The zero-order valence-corrected chi connectivity index (χ0v) is 25.2. The van der Waals surface area contributed by atoms with Gasteiger partial charge in [0.05, 0.1) is 25.6 Å². The van der Waals surface area contributed by atoms with Crippen molar-refractivity contribution in [3.8, 4) is 17.2 Å². The highest BCUT2D eigenvalue weighted by molar-refractivity contribution is 6.00. The zero-order valence-electron chi connectivity index (χ0n) is 25.2. The average Bonchev–Trinajstić information content (AvgIpc) is 3.50. The SMILES string of the molecule is C[C@@H]1CN([C@@H](C)CO)C(=O)Cc2cc(NC(=O)Nc3ccc(F)cc3)ccc2O[C@@H]1CN(C)C(=O)Nc1ccc2c(c1)OCO2. The third-order valence-electron chi connectivity index (χ3n) is 7.70. The Bertz CT molecular complexity index is 1550. The molecule has 12 nitrogen and oxygen atoms in total. The lowest BCUT2D eigenvalue weighted by Crippen LogP contribution is -2.48. The van der Waals surface area contributed by atoms with E-state index < -0.39 is 24.0 Å². The van der Waals surface area contributed by atoms with Crippen molar-refractivity contribution >= 4 is 35.0 Å². The number of likely N-dealkylation sites (N-methyl/N-ethyl adjacent to an activating group) is 1. The number of nitrogens with zero attached hydrogens (tertiary/aromatic N) is 2. The van der Waals surface area contributed by atoms with E-state index in [0.717, 1.165) is 0 Å². The smallest absolute Gasteiger partial charge is 0.323 e. The molecule has 238 valence electrons. The van der Waals surface area contributed by atoms with Crippen molar-refractivity contribution in [1.82, 2.24) is 9.80 Å². The van der Waals surface area contributed by atoms with E-state index in [0.29, 0.717) is 46.4 Å². The molecule has 0 saturated carbocycles. The van der Waals surface area contributed by atoms with Crippen molar-refractivity contribution in [3.63, 3.8) is 0 Å². The van der Waals surface area contributed by atoms with E-state index in [9.17, 15) is 23.9 Å². The summed E-state index contributed by atoms with van der Waals surface area (Å²) >= 11 is 0. The number of nitrogens with one attached hydrogen (secondary N) is 3. The van der Waals surface area contributed by atoms with E-state index >= 15 is 0 Å². The molecule has 4 N–H and O–H groups in total. The van der Waals surface area contributed by atoms with Crippen LogP contribution in [0.25, 0.3) is 0 Å². The molecule has 5 rings (SSSR count). The van der Waals surface area contributed by atoms with Gasteiger partial charge in [0.2, 0.25) is 12.7 Å². The quantitative estimate of drug-likeness (QED) is 0.304. The van der Waals surface area contributed by atoms with Crippen LogP contribution in [0.3, 0.4) is 0 Å². The first-order chi connectivity index (χ1) is 21.6. The highest BCUT2D eigenvalue weighted by Gasteiger charge is 2.32. The highest BCUT2D eigenvalue weighted by Crippen LogP contribution is 2.34. The Hall–Kier alpha value is -5.04. The number of halogens is 1. The summed E-state index contributed by atoms with van der Waals surface area (Å²) in [4.78, 5) is 42.4.